The Kier molecular flexibility index (Phi) is 3.62. The van der Waals surface area contributed by atoms with Crippen molar-refractivity contribution in [2.24, 2.45) is 0 Å². The molecule has 0 aromatic heterocycles. The average Bonchev–Trinajstić information content (AvgIpc) is 2.14. The molecular formula is C14H21NO2. The first-order valence-electron chi connectivity index (χ1n) is 5.75. The summed E-state index contributed by atoms with van der Waals surface area (Å²) in [4.78, 5) is 11.5. The van der Waals surface area contributed by atoms with Crippen molar-refractivity contribution in [3.8, 4) is 0 Å². The van der Waals surface area contributed by atoms with E-state index in [9.17, 15) is 9.90 Å². The zero-order chi connectivity index (χ0) is 13.3. The molecule has 0 saturated heterocycles. The van der Waals surface area contributed by atoms with Gasteiger partial charge in [-0.3, -0.25) is 5.32 Å². The molecule has 0 fully saturated rings. The van der Waals surface area contributed by atoms with Gasteiger partial charge in [0.05, 0.1) is 0 Å². The summed E-state index contributed by atoms with van der Waals surface area (Å²) >= 11 is 0. The first kappa shape index (κ1) is 13.7. The van der Waals surface area contributed by atoms with Crippen molar-refractivity contribution in [2.75, 3.05) is 0 Å². The summed E-state index contributed by atoms with van der Waals surface area (Å²) < 4.78 is 0. The van der Waals surface area contributed by atoms with Gasteiger partial charge in [-0.15, -0.1) is 0 Å². The Bertz CT molecular complexity index is 420. The van der Waals surface area contributed by atoms with Crippen molar-refractivity contribution in [1.82, 2.24) is 5.32 Å². The highest BCUT2D eigenvalue weighted by molar-refractivity contribution is 5.80. The third-order valence-electron chi connectivity index (χ3n) is 2.65. The van der Waals surface area contributed by atoms with Crippen LogP contribution in [0.1, 0.15) is 38.8 Å². The topological polar surface area (TPSA) is 49.3 Å². The van der Waals surface area contributed by atoms with Crippen LogP contribution >= 0.6 is 0 Å². The highest BCUT2D eigenvalue weighted by Crippen LogP contribution is 2.25. The van der Waals surface area contributed by atoms with Crippen LogP contribution in [-0.4, -0.2) is 16.6 Å². The summed E-state index contributed by atoms with van der Waals surface area (Å²) in [5.41, 5.74) is 0.506. The normalized spacial score (nSPS) is 15.4. The fourth-order valence-electron chi connectivity index (χ4n) is 1.96. The predicted octanol–water partition coefficient (Wildman–Crippen LogP) is 2.68. The highest BCUT2D eigenvalue weighted by atomic mass is 16.4. The molecule has 0 heterocycles. The molecule has 0 bridgehead atoms. The lowest BCUT2D eigenvalue weighted by molar-refractivity contribution is -0.145. The maximum atomic E-state index is 11.5. The number of hydrogen-bond acceptors (Lipinski definition) is 2. The van der Waals surface area contributed by atoms with E-state index in [4.69, 9.17) is 0 Å². The smallest absolute Gasteiger partial charge is 0.328 e. The number of hydrogen-bond donors (Lipinski definition) is 2. The van der Waals surface area contributed by atoms with Crippen LogP contribution in [0, 0.1) is 6.92 Å². The van der Waals surface area contributed by atoms with E-state index >= 15 is 0 Å². The monoisotopic (exact) mass is 235 g/mol. The average molecular weight is 235 g/mol. The molecule has 3 heteroatoms. The minimum absolute atomic E-state index is 0.267. The lowest BCUT2D eigenvalue weighted by Crippen LogP contribution is -2.54. The van der Waals surface area contributed by atoms with Gasteiger partial charge in [0.1, 0.15) is 5.54 Å². The number of carbonyl (C=O) groups is 1. The molecule has 1 rings (SSSR count). The maximum absolute atomic E-state index is 11.5. The Labute approximate surface area is 103 Å². The van der Waals surface area contributed by atoms with E-state index in [0.717, 1.165) is 11.1 Å². The molecule has 0 spiro atoms. The SMILES string of the molecule is Cc1cccc(C(C)(NC(C)(C)C)C(=O)O)c1. The van der Waals surface area contributed by atoms with E-state index in [2.05, 4.69) is 5.32 Å². The van der Waals surface area contributed by atoms with Crippen LogP contribution in [0.2, 0.25) is 0 Å². The molecule has 2 N–H and O–H groups in total. The molecule has 1 unspecified atom stereocenters. The molecular weight excluding hydrogens is 214 g/mol. The minimum atomic E-state index is -1.07. The zero-order valence-corrected chi connectivity index (χ0v) is 11.2. The lowest BCUT2D eigenvalue weighted by Gasteiger charge is -2.35. The third kappa shape index (κ3) is 3.30. The van der Waals surface area contributed by atoms with Crippen LogP contribution in [0.3, 0.4) is 0 Å². The lowest BCUT2D eigenvalue weighted by atomic mass is 9.88. The van der Waals surface area contributed by atoms with Gasteiger partial charge in [0.25, 0.3) is 0 Å². The number of aryl methyl sites for hydroxylation is 1. The summed E-state index contributed by atoms with van der Waals surface area (Å²) in [7, 11) is 0. The van der Waals surface area contributed by atoms with Gasteiger partial charge >= 0.3 is 5.97 Å². The standard InChI is InChI=1S/C14H21NO2/c1-10-7-6-8-11(9-10)14(5,12(16)17)15-13(2,3)4/h6-9,15H,1-5H3,(H,16,17). The number of carboxylic acid groups (broad SMARTS) is 1. The molecule has 0 amide bonds. The second kappa shape index (κ2) is 4.49. The zero-order valence-electron chi connectivity index (χ0n) is 11.2. The quantitative estimate of drug-likeness (QED) is 0.847. The van der Waals surface area contributed by atoms with E-state index in [0.29, 0.717) is 0 Å². The Hall–Kier alpha value is -1.35. The summed E-state index contributed by atoms with van der Waals surface area (Å²) in [6.45, 7) is 9.55. The van der Waals surface area contributed by atoms with Crippen molar-refractivity contribution in [1.29, 1.82) is 0 Å². The maximum Gasteiger partial charge on any atom is 0.328 e. The van der Waals surface area contributed by atoms with Gasteiger partial charge in [-0.25, -0.2) is 4.79 Å². The van der Waals surface area contributed by atoms with Crippen LogP contribution in [0.25, 0.3) is 0 Å². The van der Waals surface area contributed by atoms with Gasteiger partial charge in [-0.05, 0) is 40.2 Å². The molecule has 1 atom stereocenters. The molecule has 0 aliphatic rings. The largest absolute Gasteiger partial charge is 0.480 e. The number of carboxylic acids is 1. The fourth-order valence-corrected chi connectivity index (χ4v) is 1.96. The Morgan fingerprint density at radius 3 is 2.24 bits per heavy atom. The van der Waals surface area contributed by atoms with Gasteiger partial charge in [-0.2, -0.15) is 0 Å². The summed E-state index contributed by atoms with van der Waals surface area (Å²) in [5, 5.41) is 12.7. The van der Waals surface area contributed by atoms with Gasteiger partial charge in [-0.1, -0.05) is 29.8 Å². The van der Waals surface area contributed by atoms with Crippen molar-refractivity contribution in [3.05, 3.63) is 35.4 Å². The summed E-state index contributed by atoms with van der Waals surface area (Å²) in [6, 6.07) is 7.60. The molecule has 1 aromatic rings. The molecule has 0 saturated carbocycles. The summed E-state index contributed by atoms with van der Waals surface area (Å²) in [6.07, 6.45) is 0. The number of benzene rings is 1. The van der Waals surface area contributed by atoms with Crippen LogP contribution in [0.15, 0.2) is 24.3 Å². The van der Waals surface area contributed by atoms with Crippen molar-refractivity contribution in [3.63, 3.8) is 0 Å². The van der Waals surface area contributed by atoms with E-state index in [1.165, 1.54) is 0 Å². The van der Waals surface area contributed by atoms with Gasteiger partial charge < -0.3 is 5.11 Å². The van der Waals surface area contributed by atoms with E-state index in [1.54, 1.807) is 6.92 Å². The second-order valence-corrected chi connectivity index (χ2v) is 5.67. The van der Waals surface area contributed by atoms with E-state index in [1.807, 2.05) is 52.0 Å². The van der Waals surface area contributed by atoms with Crippen LogP contribution in [-0.2, 0) is 10.3 Å². The van der Waals surface area contributed by atoms with Gasteiger partial charge in [0, 0.05) is 5.54 Å². The van der Waals surface area contributed by atoms with E-state index in [-0.39, 0.29) is 5.54 Å². The van der Waals surface area contributed by atoms with Crippen molar-refractivity contribution in [2.45, 2.75) is 45.7 Å². The molecule has 0 radical (unpaired) electrons. The number of nitrogens with one attached hydrogen (secondary N) is 1. The van der Waals surface area contributed by atoms with Crippen LogP contribution in [0.5, 0.6) is 0 Å². The Morgan fingerprint density at radius 2 is 1.82 bits per heavy atom. The molecule has 17 heavy (non-hydrogen) atoms. The minimum Gasteiger partial charge on any atom is -0.480 e. The summed E-state index contributed by atoms with van der Waals surface area (Å²) in [5.74, 6) is -0.863. The Balaban J connectivity index is 3.21. The molecule has 1 aromatic carbocycles. The first-order valence-corrected chi connectivity index (χ1v) is 5.75. The van der Waals surface area contributed by atoms with Gasteiger partial charge in [0.2, 0.25) is 0 Å². The van der Waals surface area contributed by atoms with Crippen LogP contribution < -0.4 is 5.32 Å². The Morgan fingerprint density at radius 1 is 1.24 bits per heavy atom. The third-order valence-corrected chi connectivity index (χ3v) is 2.65. The molecule has 0 aliphatic carbocycles. The second-order valence-electron chi connectivity index (χ2n) is 5.67. The first-order chi connectivity index (χ1) is 7.65. The molecule has 94 valence electrons. The predicted molar refractivity (Wildman–Crippen MR) is 69.1 cm³/mol. The van der Waals surface area contributed by atoms with Crippen LogP contribution in [0.4, 0.5) is 0 Å². The molecule has 0 aliphatic heterocycles. The molecule has 3 nitrogen and oxygen atoms in total. The highest BCUT2D eigenvalue weighted by Gasteiger charge is 2.38. The van der Waals surface area contributed by atoms with E-state index < -0.39 is 11.5 Å². The fraction of sp³-hybridized carbons (Fsp3) is 0.500. The van der Waals surface area contributed by atoms with Crippen molar-refractivity contribution >= 4 is 5.97 Å². The van der Waals surface area contributed by atoms with Gasteiger partial charge in [0.15, 0.2) is 0 Å². The number of rotatable bonds is 3. The number of aliphatic carboxylic acids is 1. The van der Waals surface area contributed by atoms with Crippen molar-refractivity contribution < 1.29 is 9.90 Å².